The van der Waals surface area contributed by atoms with E-state index in [1.807, 2.05) is 11.8 Å². The van der Waals surface area contributed by atoms with Gasteiger partial charge in [-0.1, -0.05) is 0 Å². The number of amides is 1. The lowest BCUT2D eigenvalue weighted by molar-refractivity contribution is -0.117. The van der Waals surface area contributed by atoms with Crippen LogP contribution < -0.4 is 9.80 Å². The number of hydrogen-bond acceptors (Lipinski definition) is 5. The Hall–Kier alpha value is -1.83. The second-order valence-corrected chi connectivity index (χ2v) is 8.15. The van der Waals surface area contributed by atoms with Crippen LogP contribution in [-0.2, 0) is 9.53 Å². The summed E-state index contributed by atoms with van der Waals surface area (Å²) < 4.78 is 34.7. The van der Waals surface area contributed by atoms with Crippen LogP contribution in [0.4, 0.5) is 25.0 Å². The quantitative estimate of drug-likeness (QED) is 0.751. The molecule has 1 atom stereocenters. The molecule has 1 aromatic rings. The number of anilines is 2. The van der Waals surface area contributed by atoms with Gasteiger partial charge in [-0.05, 0) is 37.7 Å². The summed E-state index contributed by atoms with van der Waals surface area (Å²) in [6.45, 7) is 2.88. The van der Waals surface area contributed by atoms with Crippen molar-refractivity contribution in [3.63, 3.8) is 0 Å². The molecule has 0 aromatic heterocycles. The number of halogens is 2. The van der Waals surface area contributed by atoms with Gasteiger partial charge in [0.1, 0.15) is 17.6 Å². The Balaban J connectivity index is 1.76. The van der Waals surface area contributed by atoms with E-state index in [-0.39, 0.29) is 23.7 Å². The summed E-state index contributed by atoms with van der Waals surface area (Å²) >= 11 is 1.87. The molecule has 0 N–H and O–H groups in total. The minimum Gasteiger partial charge on any atom is -0.444 e. The molecule has 1 aromatic carbocycles. The molecule has 2 fully saturated rings. The second-order valence-electron chi connectivity index (χ2n) is 6.92. The van der Waals surface area contributed by atoms with E-state index in [1.54, 1.807) is 4.90 Å². The van der Waals surface area contributed by atoms with Crippen LogP contribution in [0.3, 0.4) is 0 Å². The van der Waals surface area contributed by atoms with Crippen molar-refractivity contribution in [1.29, 1.82) is 0 Å². The first kappa shape index (κ1) is 19.9. The first-order valence-corrected chi connectivity index (χ1v) is 10.4. The molecule has 0 spiro atoms. The molecule has 0 radical (unpaired) electrons. The fourth-order valence-corrected chi connectivity index (χ4v) is 4.28. The highest BCUT2D eigenvalue weighted by atomic mass is 32.2. The summed E-state index contributed by atoms with van der Waals surface area (Å²) in [7, 11) is 0. The summed E-state index contributed by atoms with van der Waals surface area (Å²) in [6.07, 6.45) is 1.38. The van der Waals surface area contributed by atoms with Gasteiger partial charge in [-0.3, -0.25) is 4.90 Å². The third-order valence-corrected chi connectivity index (χ3v) is 5.91. The minimum absolute atomic E-state index is 0.0117. The van der Waals surface area contributed by atoms with Crippen molar-refractivity contribution in [1.82, 2.24) is 0 Å². The van der Waals surface area contributed by atoms with Crippen LogP contribution in [0.15, 0.2) is 12.1 Å². The van der Waals surface area contributed by atoms with Crippen LogP contribution >= 0.6 is 11.8 Å². The van der Waals surface area contributed by atoms with Crippen molar-refractivity contribution < 1.29 is 23.1 Å². The maximum Gasteiger partial charge on any atom is 0.414 e. The first-order valence-electron chi connectivity index (χ1n) is 9.25. The molecule has 1 amide bonds. The van der Waals surface area contributed by atoms with E-state index in [9.17, 15) is 18.4 Å². The lowest BCUT2D eigenvalue weighted by Gasteiger charge is -2.28. The summed E-state index contributed by atoms with van der Waals surface area (Å²) in [5, 5.41) is 0. The summed E-state index contributed by atoms with van der Waals surface area (Å²) in [6, 6.07) is 2.39. The van der Waals surface area contributed by atoms with Crippen LogP contribution in [0.1, 0.15) is 32.6 Å². The van der Waals surface area contributed by atoms with Crippen molar-refractivity contribution in [2.24, 2.45) is 0 Å². The normalized spacial score (nSPS) is 21.0. The number of ether oxygens (including phenoxy) is 1. The number of carbonyl (C=O) groups excluding carboxylic acids is 2. The van der Waals surface area contributed by atoms with E-state index in [2.05, 4.69) is 0 Å². The third-order valence-electron chi connectivity index (χ3n) is 4.76. The van der Waals surface area contributed by atoms with E-state index < -0.39 is 23.8 Å². The first-order chi connectivity index (χ1) is 13.0. The smallest absolute Gasteiger partial charge is 0.414 e. The summed E-state index contributed by atoms with van der Waals surface area (Å²) in [4.78, 5) is 26.2. The maximum absolute atomic E-state index is 14.8. The minimum atomic E-state index is -0.668. The highest BCUT2D eigenvalue weighted by Gasteiger charge is 2.33. The number of rotatable bonds is 5. The molecule has 8 heteroatoms. The molecule has 0 unspecified atom stereocenters. The Bertz CT molecular complexity index is 685. The average molecular weight is 398 g/mol. The standard InChI is InChI=1S/C19H24F2N2O3S/c1-13(24)4-5-15-12-23(19(25)26-15)14-10-16(20)18(17(21)11-14)22-6-2-8-27-9-3-7-22/h10-11,15H,2-9,12H2,1H3/t15-/m0/s1. The number of thioether (sulfide) groups is 1. The number of Topliss-reactive ketones (excluding diaryl/α,β-unsaturated/α-hetero) is 1. The van der Waals surface area contributed by atoms with Gasteiger partial charge >= 0.3 is 6.09 Å². The third kappa shape index (κ3) is 4.91. The fourth-order valence-electron chi connectivity index (χ4n) is 3.41. The Morgan fingerprint density at radius 2 is 1.85 bits per heavy atom. The zero-order valence-corrected chi connectivity index (χ0v) is 16.2. The lowest BCUT2D eigenvalue weighted by Crippen LogP contribution is -2.30. The van der Waals surface area contributed by atoms with Gasteiger partial charge in [0.15, 0.2) is 11.6 Å². The lowest BCUT2D eigenvalue weighted by atomic mass is 10.1. The molecule has 2 heterocycles. The maximum atomic E-state index is 14.8. The van der Waals surface area contributed by atoms with Gasteiger partial charge in [0.25, 0.3) is 0 Å². The topological polar surface area (TPSA) is 49.9 Å². The van der Waals surface area contributed by atoms with Gasteiger partial charge in [-0.2, -0.15) is 11.8 Å². The van der Waals surface area contributed by atoms with E-state index in [1.165, 1.54) is 24.0 Å². The van der Waals surface area contributed by atoms with Crippen molar-refractivity contribution >= 4 is 35.0 Å². The molecule has 0 aliphatic carbocycles. The molecule has 5 nitrogen and oxygen atoms in total. The molecular weight excluding hydrogens is 374 g/mol. The Morgan fingerprint density at radius 1 is 1.22 bits per heavy atom. The zero-order chi connectivity index (χ0) is 19.4. The molecular formula is C19H24F2N2O3S. The van der Waals surface area contributed by atoms with E-state index >= 15 is 0 Å². The number of hydrogen-bond donors (Lipinski definition) is 0. The summed E-state index contributed by atoms with van der Waals surface area (Å²) in [5.41, 5.74) is 0.123. The van der Waals surface area contributed by atoms with Crippen molar-refractivity contribution in [3.05, 3.63) is 23.8 Å². The van der Waals surface area contributed by atoms with Gasteiger partial charge < -0.3 is 14.4 Å². The zero-order valence-electron chi connectivity index (χ0n) is 15.4. The van der Waals surface area contributed by atoms with Gasteiger partial charge in [0.2, 0.25) is 0 Å². The second kappa shape index (κ2) is 8.91. The predicted octanol–water partition coefficient (Wildman–Crippen LogP) is 3.99. The van der Waals surface area contributed by atoms with Crippen molar-refractivity contribution in [3.8, 4) is 0 Å². The van der Waals surface area contributed by atoms with Gasteiger partial charge in [0.05, 0.1) is 12.2 Å². The van der Waals surface area contributed by atoms with Crippen LogP contribution in [-0.4, -0.2) is 49.1 Å². The molecule has 3 rings (SSSR count). The Kier molecular flexibility index (Phi) is 6.57. The number of nitrogens with zero attached hydrogens (tertiary/aromatic N) is 2. The highest BCUT2D eigenvalue weighted by molar-refractivity contribution is 7.99. The van der Waals surface area contributed by atoms with E-state index in [0.717, 1.165) is 24.3 Å². The summed E-state index contributed by atoms with van der Waals surface area (Å²) in [5.74, 6) is 0.645. The van der Waals surface area contributed by atoms with Crippen LogP contribution in [0, 0.1) is 11.6 Å². The Labute approximate surface area is 162 Å². The highest BCUT2D eigenvalue weighted by Crippen LogP contribution is 2.32. The van der Waals surface area contributed by atoms with Crippen molar-refractivity contribution in [2.45, 2.75) is 38.7 Å². The molecule has 148 valence electrons. The van der Waals surface area contributed by atoms with Crippen LogP contribution in [0.5, 0.6) is 0 Å². The molecule has 0 bridgehead atoms. The number of carbonyl (C=O) groups is 2. The predicted molar refractivity (Wildman–Crippen MR) is 103 cm³/mol. The number of ketones is 1. The van der Waals surface area contributed by atoms with Gasteiger partial charge in [-0.25, -0.2) is 13.6 Å². The average Bonchev–Trinajstić information content (AvgIpc) is 2.95. The van der Waals surface area contributed by atoms with Crippen molar-refractivity contribution in [2.75, 3.05) is 40.9 Å². The Morgan fingerprint density at radius 3 is 2.44 bits per heavy atom. The van der Waals surface area contributed by atoms with Gasteiger partial charge in [0, 0.05) is 31.6 Å². The monoisotopic (exact) mass is 398 g/mol. The number of cyclic esters (lactones) is 1. The molecule has 0 saturated carbocycles. The molecule has 2 aliphatic rings. The van der Waals surface area contributed by atoms with E-state index in [0.29, 0.717) is 25.9 Å². The molecule has 2 aliphatic heterocycles. The fraction of sp³-hybridized carbons (Fsp3) is 0.579. The van der Waals surface area contributed by atoms with Gasteiger partial charge in [-0.15, -0.1) is 0 Å². The SMILES string of the molecule is CC(=O)CC[C@H]1CN(c2cc(F)c(N3CCCSCCC3)c(F)c2)C(=O)O1. The largest absolute Gasteiger partial charge is 0.444 e. The van der Waals surface area contributed by atoms with Crippen LogP contribution in [0.2, 0.25) is 0 Å². The number of benzene rings is 1. The van der Waals surface area contributed by atoms with E-state index in [4.69, 9.17) is 4.74 Å². The molecule has 2 saturated heterocycles. The van der Waals surface area contributed by atoms with Crippen LogP contribution in [0.25, 0.3) is 0 Å². The molecule has 27 heavy (non-hydrogen) atoms.